The van der Waals surface area contributed by atoms with Crippen LogP contribution in [0.1, 0.15) is 20.3 Å². The minimum atomic E-state index is -3.55. The maximum absolute atomic E-state index is 12.0. The molecule has 0 fully saturated rings. The normalized spacial score (nSPS) is 12.4. The smallest absolute Gasteiger partial charge is 0.240 e. The van der Waals surface area contributed by atoms with Crippen molar-refractivity contribution in [3.63, 3.8) is 0 Å². The third-order valence-corrected chi connectivity index (χ3v) is 4.68. The first-order chi connectivity index (χ1) is 10.6. The summed E-state index contributed by atoms with van der Waals surface area (Å²) in [5.74, 6) is -0.160. The molecular weight excluding hydrogens is 314 g/mol. The minimum Gasteiger partial charge on any atom is -0.355 e. The Morgan fingerprint density at radius 3 is 2.35 bits per heavy atom. The van der Waals surface area contributed by atoms with Gasteiger partial charge in [-0.05, 0) is 31.6 Å². The molecule has 1 rings (SSSR count). The van der Waals surface area contributed by atoms with Crippen molar-refractivity contribution in [2.75, 3.05) is 33.7 Å². The highest BCUT2D eigenvalue weighted by Gasteiger charge is 2.20. The number of hydrogen-bond donors (Lipinski definition) is 2. The molecule has 0 radical (unpaired) electrons. The summed E-state index contributed by atoms with van der Waals surface area (Å²) in [4.78, 5) is 14.1. The molecular formula is C16H27N3O3S. The van der Waals surface area contributed by atoms with Gasteiger partial charge in [0.25, 0.3) is 0 Å². The van der Waals surface area contributed by atoms with Crippen molar-refractivity contribution >= 4 is 15.9 Å². The van der Waals surface area contributed by atoms with Gasteiger partial charge in [-0.1, -0.05) is 32.0 Å². The van der Waals surface area contributed by atoms with Crippen LogP contribution in [0.5, 0.6) is 0 Å². The van der Waals surface area contributed by atoms with Crippen LogP contribution in [-0.4, -0.2) is 53.0 Å². The molecule has 1 amide bonds. The summed E-state index contributed by atoms with van der Waals surface area (Å²) in [6.45, 7) is 5.64. The zero-order valence-corrected chi connectivity index (χ0v) is 15.1. The average molecular weight is 341 g/mol. The molecule has 0 aromatic heterocycles. The van der Waals surface area contributed by atoms with Crippen molar-refractivity contribution in [1.82, 2.24) is 14.9 Å². The second kappa shape index (κ2) is 8.42. The molecule has 23 heavy (non-hydrogen) atoms. The van der Waals surface area contributed by atoms with Gasteiger partial charge in [-0.15, -0.1) is 0 Å². The first-order valence-electron chi connectivity index (χ1n) is 7.58. The molecule has 0 saturated heterocycles. The van der Waals surface area contributed by atoms with Crippen LogP contribution in [0.3, 0.4) is 0 Å². The standard InChI is InChI=1S/C16H27N3O3S/c1-16(2,13-19(3)4)12-17-15(20)10-11-18-23(21,22)14-8-6-5-7-9-14/h5-9,18H,10-13H2,1-4H3,(H,17,20). The van der Waals surface area contributed by atoms with Gasteiger partial charge in [0.2, 0.25) is 15.9 Å². The first-order valence-corrected chi connectivity index (χ1v) is 9.07. The highest BCUT2D eigenvalue weighted by Crippen LogP contribution is 2.14. The quantitative estimate of drug-likeness (QED) is 0.704. The van der Waals surface area contributed by atoms with E-state index in [4.69, 9.17) is 0 Å². The second-order valence-corrected chi connectivity index (χ2v) is 8.41. The molecule has 0 spiro atoms. The van der Waals surface area contributed by atoms with E-state index in [0.29, 0.717) is 6.54 Å². The van der Waals surface area contributed by atoms with Crippen LogP contribution < -0.4 is 10.0 Å². The Balaban J connectivity index is 2.37. The van der Waals surface area contributed by atoms with E-state index in [9.17, 15) is 13.2 Å². The van der Waals surface area contributed by atoms with E-state index < -0.39 is 10.0 Å². The zero-order chi connectivity index (χ0) is 17.5. The van der Waals surface area contributed by atoms with Crippen LogP contribution in [-0.2, 0) is 14.8 Å². The number of hydrogen-bond acceptors (Lipinski definition) is 4. The van der Waals surface area contributed by atoms with E-state index in [2.05, 4.69) is 28.8 Å². The zero-order valence-electron chi connectivity index (χ0n) is 14.3. The topological polar surface area (TPSA) is 78.5 Å². The fourth-order valence-corrected chi connectivity index (χ4v) is 3.37. The van der Waals surface area contributed by atoms with E-state index in [0.717, 1.165) is 6.54 Å². The van der Waals surface area contributed by atoms with Crippen molar-refractivity contribution in [2.45, 2.75) is 25.2 Å². The largest absolute Gasteiger partial charge is 0.355 e. The Kier molecular flexibility index (Phi) is 7.18. The van der Waals surface area contributed by atoms with Gasteiger partial charge in [0, 0.05) is 26.1 Å². The van der Waals surface area contributed by atoms with Crippen LogP contribution >= 0.6 is 0 Å². The molecule has 0 unspecified atom stereocenters. The number of amides is 1. The van der Waals surface area contributed by atoms with Crippen molar-refractivity contribution in [3.05, 3.63) is 30.3 Å². The van der Waals surface area contributed by atoms with Gasteiger partial charge in [0.05, 0.1) is 4.90 Å². The Morgan fingerprint density at radius 2 is 1.78 bits per heavy atom. The summed E-state index contributed by atoms with van der Waals surface area (Å²) < 4.78 is 26.4. The van der Waals surface area contributed by atoms with Gasteiger partial charge in [-0.2, -0.15) is 0 Å². The van der Waals surface area contributed by atoms with E-state index in [-0.39, 0.29) is 29.2 Å². The van der Waals surface area contributed by atoms with Crippen LogP contribution in [0.15, 0.2) is 35.2 Å². The van der Waals surface area contributed by atoms with Crippen molar-refractivity contribution in [1.29, 1.82) is 0 Å². The number of benzene rings is 1. The van der Waals surface area contributed by atoms with Gasteiger partial charge in [-0.25, -0.2) is 13.1 Å². The SMILES string of the molecule is CN(C)CC(C)(C)CNC(=O)CCNS(=O)(=O)c1ccccc1. The summed E-state index contributed by atoms with van der Waals surface area (Å²) in [6.07, 6.45) is 0.115. The molecule has 0 aliphatic heterocycles. The van der Waals surface area contributed by atoms with E-state index >= 15 is 0 Å². The number of carbonyl (C=O) groups excluding carboxylic acids is 1. The Hall–Kier alpha value is -1.44. The molecule has 130 valence electrons. The molecule has 0 aliphatic carbocycles. The van der Waals surface area contributed by atoms with Crippen molar-refractivity contribution < 1.29 is 13.2 Å². The third-order valence-electron chi connectivity index (χ3n) is 3.21. The number of sulfonamides is 1. The van der Waals surface area contributed by atoms with Gasteiger partial charge < -0.3 is 10.2 Å². The lowest BCUT2D eigenvalue weighted by Gasteiger charge is -2.28. The number of nitrogens with zero attached hydrogens (tertiary/aromatic N) is 1. The Labute approximate surface area is 139 Å². The molecule has 2 N–H and O–H groups in total. The summed E-state index contributed by atoms with van der Waals surface area (Å²) >= 11 is 0. The van der Waals surface area contributed by atoms with Crippen LogP contribution in [0, 0.1) is 5.41 Å². The average Bonchev–Trinajstić information content (AvgIpc) is 2.45. The van der Waals surface area contributed by atoms with Gasteiger partial charge >= 0.3 is 0 Å². The number of nitrogens with one attached hydrogen (secondary N) is 2. The predicted molar refractivity (Wildman–Crippen MR) is 91.6 cm³/mol. The second-order valence-electron chi connectivity index (χ2n) is 6.64. The summed E-state index contributed by atoms with van der Waals surface area (Å²) in [6, 6.07) is 8.11. The molecule has 0 heterocycles. The highest BCUT2D eigenvalue weighted by atomic mass is 32.2. The fraction of sp³-hybridized carbons (Fsp3) is 0.562. The van der Waals surface area contributed by atoms with Gasteiger partial charge in [-0.3, -0.25) is 4.79 Å². The summed E-state index contributed by atoms with van der Waals surface area (Å²) in [5.41, 5.74) is -0.0390. The van der Waals surface area contributed by atoms with Crippen LogP contribution in [0.25, 0.3) is 0 Å². The summed E-state index contributed by atoms with van der Waals surface area (Å²) in [7, 11) is 0.424. The van der Waals surface area contributed by atoms with E-state index in [1.54, 1.807) is 18.2 Å². The minimum absolute atomic E-state index is 0.0390. The lowest BCUT2D eigenvalue weighted by atomic mass is 9.93. The Morgan fingerprint density at radius 1 is 1.17 bits per heavy atom. The van der Waals surface area contributed by atoms with Gasteiger partial charge in [0.1, 0.15) is 0 Å². The molecule has 7 heteroatoms. The van der Waals surface area contributed by atoms with Crippen LogP contribution in [0.2, 0.25) is 0 Å². The maximum Gasteiger partial charge on any atom is 0.240 e. The molecule has 0 bridgehead atoms. The van der Waals surface area contributed by atoms with E-state index in [1.807, 2.05) is 14.1 Å². The lowest BCUT2D eigenvalue weighted by Crippen LogP contribution is -2.40. The number of rotatable bonds is 9. The molecule has 0 aliphatic rings. The monoisotopic (exact) mass is 341 g/mol. The van der Waals surface area contributed by atoms with Gasteiger partial charge in [0.15, 0.2) is 0 Å². The van der Waals surface area contributed by atoms with Crippen molar-refractivity contribution in [2.24, 2.45) is 5.41 Å². The molecule has 1 aromatic rings. The third kappa shape index (κ3) is 7.58. The highest BCUT2D eigenvalue weighted by molar-refractivity contribution is 7.89. The first kappa shape index (κ1) is 19.6. The predicted octanol–water partition coefficient (Wildman–Crippen LogP) is 1.06. The lowest BCUT2D eigenvalue weighted by molar-refractivity contribution is -0.121. The number of carbonyl (C=O) groups is 1. The Bertz CT molecular complexity index is 598. The summed E-state index contributed by atoms with van der Waals surface area (Å²) in [5, 5.41) is 2.85. The maximum atomic E-state index is 12.0. The molecule has 0 saturated carbocycles. The molecule has 0 atom stereocenters. The molecule has 6 nitrogen and oxygen atoms in total. The van der Waals surface area contributed by atoms with Crippen molar-refractivity contribution in [3.8, 4) is 0 Å². The fourth-order valence-electron chi connectivity index (χ4n) is 2.32. The van der Waals surface area contributed by atoms with E-state index in [1.165, 1.54) is 12.1 Å². The molecule has 1 aromatic carbocycles. The van der Waals surface area contributed by atoms with Crippen LogP contribution in [0.4, 0.5) is 0 Å².